The van der Waals surface area contributed by atoms with E-state index >= 15 is 0 Å². The van der Waals surface area contributed by atoms with E-state index in [4.69, 9.17) is 0 Å². The number of aryl methyl sites for hydroxylation is 1. The van der Waals surface area contributed by atoms with Gasteiger partial charge in [-0.2, -0.15) is 0 Å². The molecule has 0 spiro atoms. The molecule has 1 fully saturated rings. The van der Waals surface area contributed by atoms with E-state index in [2.05, 4.69) is 10.3 Å². The molecule has 1 N–H and O–H groups in total. The number of nitrogens with zero attached hydrogens (tertiary/aromatic N) is 2. The maximum absolute atomic E-state index is 12.4. The van der Waals surface area contributed by atoms with Crippen LogP contribution in [0.4, 0.5) is 0 Å². The molecule has 3 rings (SSSR count). The van der Waals surface area contributed by atoms with E-state index < -0.39 is 0 Å². The number of hydrogen-bond acceptors (Lipinski definition) is 3. The minimum Gasteiger partial charge on any atom is -0.297 e. The first kappa shape index (κ1) is 10.5. The monoisotopic (exact) mass is 229 g/mol. The standard InChI is InChI=1S/C13H15N3O/c1-9-4-5-11-10(7-9)13(17)16(8-15-11)12-3-2-6-14-12/h4-5,7-8,12,14H,2-3,6H2,1H3. The van der Waals surface area contributed by atoms with E-state index in [-0.39, 0.29) is 11.7 Å². The van der Waals surface area contributed by atoms with Crippen molar-refractivity contribution >= 4 is 10.9 Å². The van der Waals surface area contributed by atoms with Crippen LogP contribution in [0.1, 0.15) is 24.6 Å². The highest BCUT2D eigenvalue weighted by atomic mass is 16.1. The van der Waals surface area contributed by atoms with E-state index in [1.54, 1.807) is 10.9 Å². The second-order valence-electron chi connectivity index (χ2n) is 4.59. The van der Waals surface area contributed by atoms with Gasteiger partial charge < -0.3 is 0 Å². The van der Waals surface area contributed by atoms with Crippen LogP contribution in [0.15, 0.2) is 29.3 Å². The van der Waals surface area contributed by atoms with E-state index in [1.165, 1.54) is 0 Å². The Bertz CT molecular complexity index is 612. The largest absolute Gasteiger partial charge is 0.297 e. The van der Waals surface area contributed by atoms with Crippen LogP contribution < -0.4 is 10.9 Å². The second kappa shape index (κ2) is 3.96. The fourth-order valence-electron chi connectivity index (χ4n) is 2.38. The number of fused-ring (bicyclic) bond motifs is 1. The Kier molecular flexibility index (Phi) is 2.44. The average molecular weight is 229 g/mol. The first-order valence-corrected chi connectivity index (χ1v) is 5.96. The molecule has 1 aliphatic rings. The fourth-order valence-corrected chi connectivity index (χ4v) is 2.38. The minimum absolute atomic E-state index is 0.0538. The smallest absolute Gasteiger partial charge is 0.262 e. The van der Waals surface area contributed by atoms with Crippen LogP contribution >= 0.6 is 0 Å². The molecule has 1 aliphatic heterocycles. The third-order valence-corrected chi connectivity index (χ3v) is 3.31. The van der Waals surface area contributed by atoms with Gasteiger partial charge in [-0.15, -0.1) is 0 Å². The van der Waals surface area contributed by atoms with Crippen molar-refractivity contribution in [2.24, 2.45) is 0 Å². The van der Waals surface area contributed by atoms with Crippen LogP contribution in [0, 0.1) is 6.92 Å². The summed E-state index contributed by atoms with van der Waals surface area (Å²) in [5, 5.41) is 4.03. The van der Waals surface area contributed by atoms with Gasteiger partial charge in [0.2, 0.25) is 0 Å². The van der Waals surface area contributed by atoms with Crippen LogP contribution in [0.3, 0.4) is 0 Å². The Morgan fingerprint density at radius 3 is 3.12 bits per heavy atom. The van der Waals surface area contributed by atoms with Gasteiger partial charge in [-0.1, -0.05) is 11.6 Å². The van der Waals surface area contributed by atoms with Crippen molar-refractivity contribution in [1.29, 1.82) is 0 Å². The lowest BCUT2D eigenvalue weighted by molar-refractivity contribution is 0.453. The Balaban J connectivity index is 2.21. The summed E-state index contributed by atoms with van der Waals surface area (Å²) in [7, 11) is 0. The summed E-state index contributed by atoms with van der Waals surface area (Å²) in [6, 6.07) is 5.79. The van der Waals surface area contributed by atoms with E-state index in [9.17, 15) is 4.79 Å². The van der Waals surface area contributed by atoms with Gasteiger partial charge in [0.15, 0.2) is 0 Å². The summed E-state index contributed by atoms with van der Waals surface area (Å²) >= 11 is 0. The molecule has 0 amide bonds. The number of nitrogens with one attached hydrogen (secondary N) is 1. The van der Waals surface area contributed by atoms with Crippen molar-refractivity contribution in [2.75, 3.05) is 6.54 Å². The SMILES string of the molecule is Cc1ccc2ncn(C3CCCN3)c(=O)c2c1. The average Bonchev–Trinajstić information content (AvgIpc) is 2.84. The Morgan fingerprint density at radius 1 is 1.47 bits per heavy atom. The quantitative estimate of drug-likeness (QED) is 0.807. The van der Waals surface area contributed by atoms with Gasteiger partial charge in [0.1, 0.15) is 0 Å². The maximum atomic E-state index is 12.4. The molecular weight excluding hydrogens is 214 g/mol. The lowest BCUT2D eigenvalue weighted by Crippen LogP contribution is -2.30. The normalized spacial score (nSPS) is 19.9. The van der Waals surface area contributed by atoms with Crippen LogP contribution in [0.2, 0.25) is 0 Å². The zero-order valence-corrected chi connectivity index (χ0v) is 9.81. The van der Waals surface area contributed by atoms with Crippen molar-refractivity contribution in [2.45, 2.75) is 25.9 Å². The summed E-state index contributed by atoms with van der Waals surface area (Å²) in [6.07, 6.45) is 3.88. The number of hydrogen-bond donors (Lipinski definition) is 1. The van der Waals surface area contributed by atoms with Gasteiger partial charge in [0.05, 0.1) is 23.4 Å². The highest BCUT2D eigenvalue weighted by molar-refractivity contribution is 5.77. The molecule has 88 valence electrons. The molecule has 17 heavy (non-hydrogen) atoms. The van der Waals surface area contributed by atoms with Crippen LogP contribution in [0.5, 0.6) is 0 Å². The molecule has 0 saturated carbocycles. The summed E-state index contributed by atoms with van der Waals surface area (Å²) in [6.45, 7) is 2.97. The molecule has 1 aromatic carbocycles. The van der Waals surface area contributed by atoms with E-state index in [0.29, 0.717) is 5.39 Å². The number of rotatable bonds is 1. The Morgan fingerprint density at radius 2 is 2.35 bits per heavy atom. The summed E-state index contributed by atoms with van der Waals surface area (Å²) < 4.78 is 1.72. The molecule has 2 aromatic rings. The van der Waals surface area contributed by atoms with Gasteiger partial charge >= 0.3 is 0 Å². The topological polar surface area (TPSA) is 46.9 Å². The molecule has 4 heteroatoms. The van der Waals surface area contributed by atoms with Gasteiger partial charge in [0, 0.05) is 0 Å². The molecular formula is C13H15N3O. The molecule has 1 saturated heterocycles. The van der Waals surface area contributed by atoms with Gasteiger partial charge in [-0.05, 0) is 38.4 Å². The molecule has 1 aromatic heterocycles. The highest BCUT2D eigenvalue weighted by Crippen LogP contribution is 2.16. The zero-order chi connectivity index (χ0) is 11.8. The summed E-state index contributed by atoms with van der Waals surface area (Å²) in [5.41, 5.74) is 1.92. The van der Waals surface area contributed by atoms with E-state index in [0.717, 1.165) is 30.5 Å². The van der Waals surface area contributed by atoms with Crippen molar-refractivity contribution in [3.63, 3.8) is 0 Å². The van der Waals surface area contributed by atoms with Crippen LogP contribution in [0.25, 0.3) is 10.9 Å². The summed E-state index contributed by atoms with van der Waals surface area (Å²) in [4.78, 5) is 16.7. The number of benzene rings is 1. The highest BCUT2D eigenvalue weighted by Gasteiger charge is 2.17. The molecule has 4 nitrogen and oxygen atoms in total. The molecule has 2 heterocycles. The molecule has 1 unspecified atom stereocenters. The first-order chi connectivity index (χ1) is 8.25. The fraction of sp³-hybridized carbons (Fsp3) is 0.385. The third-order valence-electron chi connectivity index (χ3n) is 3.31. The van der Waals surface area contributed by atoms with Crippen LogP contribution in [-0.2, 0) is 0 Å². The van der Waals surface area contributed by atoms with Crippen LogP contribution in [-0.4, -0.2) is 16.1 Å². The predicted molar refractivity (Wildman–Crippen MR) is 67.0 cm³/mol. The Labute approximate surface area is 99.3 Å². The maximum Gasteiger partial charge on any atom is 0.262 e. The predicted octanol–water partition coefficient (Wildman–Crippen LogP) is 1.59. The van der Waals surface area contributed by atoms with Crippen molar-refractivity contribution < 1.29 is 0 Å². The van der Waals surface area contributed by atoms with Crippen molar-refractivity contribution in [3.8, 4) is 0 Å². The van der Waals surface area contributed by atoms with Crippen molar-refractivity contribution in [3.05, 3.63) is 40.4 Å². The van der Waals surface area contributed by atoms with Gasteiger partial charge in [-0.25, -0.2) is 4.98 Å². The zero-order valence-electron chi connectivity index (χ0n) is 9.81. The Hall–Kier alpha value is -1.68. The minimum atomic E-state index is 0.0538. The second-order valence-corrected chi connectivity index (χ2v) is 4.59. The number of aromatic nitrogens is 2. The van der Waals surface area contributed by atoms with Gasteiger partial charge in [0.25, 0.3) is 5.56 Å². The summed E-state index contributed by atoms with van der Waals surface area (Å²) in [5.74, 6) is 0. The molecule has 0 radical (unpaired) electrons. The molecule has 0 bridgehead atoms. The lowest BCUT2D eigenvalue weighted by Gasteiger charge is -2.14. The first-order valence-electron chi connectivity index (χ1n) is 5.96. The molecule has 1 atom stereocenters. The van der Waals surface area contributed by atoms with Gasteiger partial charge in [-0.3, -0.25) is 14.7 Å². The molecule has 0 aliphatic carbocycles. The lowest BCUT2D eigenvalue weighted by atomic mass is 10.2. The third kappa shape index (κ3) is 1.74. The van der Waals surface area contributed by atoms with E-state index in [1.807, 2.05) is 25.1 Å². The van der Waals surface area contributed by atoms with Crippen molar-refractivity contribution in [1.82, 2.24) is 14.9 Å².